The average molecular weight is 1470 g/mol. The first-order chi connectivity index (χ1) is 51.6. The van der Waals surface area contributed by atoms with E-state index in [0.717, 1.165) is 77.0 Å². The standard InChI is InChI=1S/C96H175NO8/c1-6-8-10-12-14-16-18-20-22-24-26-28-30-32-34-36-38-40-42-44-46-47-49-51-53-55-57-59-61-63-65-67-69-71-73-75-77-79-81-83-85-87-94(99)105-92(91-104-96(95(100)101)102-89-88-97(3,4)5)90-103-93(98)86-84-82-80-78-76-74-72-70-68-66-64-62-60-58-56-54-52-50-48-45-43-41-39-37-35-33-31-29-27-25-23-21-19-17-15-13-11-9-7-2/h8,10,14,16,19-22,25-28,32,34,92,96H,6-7,9,11-13,15,17-18,23-24,29-31,33,35-91H2,1-5H3/p+1/b10-8-,16-14-,21-19-,22-20-,27-25-,28-26-,34-32-. The van der Waals surface area contributed by atoms with E-state index >= 15 is 0 Å². The van der Waals surface area contributed by atoms with Crippen LogP contribution in [0.1, 0.15) is 450 Å². The lowest BCUT2D eigenvalue weighted by atomic mass is 10.0. The van der Waals surface area contributed by atoms with Crippen molar-refractivity contribution < 1.29 is 42.9 Å². The first-order valence-electron chi connectivity index (χ1n) is 45.8. The van der Waals surface area contributed by atoms with Crippen molar-refractivity contribution in [3.05, 3.63) is 85.1 Å². The summed E-state index contributed by atoms with van der Waals surface area (Å²) in [4.78, 5) is 37.8. The lowest BCUT2D eigenvalue weighted by Crippen LogP contribution is -2.40. The molecule has 2 unspecified atom stereocenters. The summed E-state index contributed by atoms with van der Waals surface area (Å²) in [6.45, 7) is 4.83. The highest BCUT2D eigenvalue weighted by Gasteiger charge is 2.25. The number of ether oxygens (including phenoxy) is 4. The molecule has 0 aromatic rings. The Labute approximate surface area is 652 Å². The zero-order chi connectivity index (χ0) is 76.0. The van der Waals surface area contributed by atoms with Crippen molar-refractivity contribution in [2.45, 2.75) is 463 Å². The molecule has 0 saturated heterocycles. The van der Waals surface area contributed by atoms with Crippen LogP contribution in [0.3, 0.4) is 0 Å². The summed E-state index contributed by atoms with van der Waals surface area (Å²) in [5.74, 6) is -1.97. The fraction of sp³-hybridized carbons (Fsp3) is 0.823. The molecule has 9 heteroatoms. The van der Waals surface area contributed by atoms with Crippen molar-refractivity contribution in [3.8, 4) is 0 Å². The number of likely N-dealkylation sites (N-methyl/N-ethyl adjacent to an activating group) is 1. The number of carboxylic acids is 1. The van der Waals surface area contributed by atoms with Gasteiger partial charge >= 0.3 is 17.9 Å². The number of carbonyl (C=O) groups excluding carboxylic acids is 2. The van der Waals surface area contributed by atoms with Crippen LogP contribution in [0.15, 0.2) is 85.1 Å². The monoisotopic (exact) mass is 1470 g/mol. The zero-order valence-electron chi connectivity index (χ0n) is 70.4. The van der Waals surface area contributed by atoms with Gasteiger partial charge in [-0.1, -0.05) is 433 Å². The molecule has 1 N–H and O–H groups in total. The van der Waals surface area contributed by atoms with Gasteiger partial charge in [0, 0.05) is 12.8 Å². The van der Waals surface area contributed by atoms with Crippen LogP contribution in [0, 0.1) is 0 Å². The quantitative estimate of drug-likeness (QED) is 0.0211. The van der Waals surface area contributed by atoms with Gasteiger partial charge in [0.25, 0.3) is 6.29 Å². The summed E-state index contributed by atoms with van der Waals surface area (Å²) in [5.41, 5.74) is 0. The van der Waals surface area contributed by atoms with Crippen molar-refractivity contribution in [3.63, 3.8) is 0 Å². The lowest BCUT2D eigenvalue weighted by Gasteiger charge is -2.25. The van der Waals surface area contributed by atoms with Crippen molar-refractivity contribution in [2.75, 3.05) is 47.5 Å². The summed E-state index contributed by atoms with van der Waals surface area (Å²) in [6.07, 6.45) is 117. The van der Waals surface area contributed by atoms with Gasteiger partial charge in [0.15, 0.2) is 6.10 Å². The minimum absolute atomic E-state index is 0.176. The van der Waals surface area contributed by atoms with Gasteiger partial charge in [0.2, 0.25) is 0 Å². The molecule has 0 saturated carbocycles. The molecule has 0 aromatic heterocycles. The average Bonchev–Trinajstić information content (AvgIpc) is 1.18. The number of aliphatic carboxylic acids is 1. The van der Waals surface area contributed by atoms with E-state index < -0.39 is 18.4 Å². The Morgan fingerprint density at radius 3 is 0.810 bits per heavy atom. The number of unbranched alkanes of at least 4 members (excludes halogenated alkanes) is 57. The minimum atomic E-state index is -1.51. The lowest BCUT2D eigenvalue weighted by molar-refractivity contribution is -0.870. The maximum atomic E-state index is 13.0. The Kier molecular flexibility index (Phi) is 83.2. The first-order valence-corrected chi connectivity index (χ1v) is 45.8. The fourth-order valence-corrected chi connectivity index (χ4v) is 13.7. The summed E-state index contributed by atoms with van der Waals surface area (Å²) >= 11 is 0. The van der Waals surface area contributed by atoms with Crippen LogP contribution >= 0.6 is 0 Å². The molecule has 0 bridgehead atoms. The second kappa shape index (κ2) is 86.1. The summed E-state index contributed by atoms with van der Waals surface area (Å²) in [6, 6.07) is 0. The minimum Gasteiger partial charge on any atom is -0.477 e. The molecule has 0 spiro atoms. The molecular formula is C96H176NO8+. The third kappa shape index (κ3) is 87.6. The number of nitrogens with zero attached hydrogens (tertiary/aromatic N) is 1. The second-order valence-electron chi connectivity index (χ2n) is 32.2. The summed E-state index contributed by atoms with van der Waals surface area (Å²) in [7, 11) is 6.00. The van der Waals surface area contributed by atoms with E-state index in [9.17, 15) is 19.5 Å². The highest BCUT2D eigenvalue weighted by molar-refractivity contribution is 5.71. The maximum absolute atomic E-state index is 13.0. The third-order valence-electron chi connectivity index (χ3n) is 20.6. The van der Waals surface area contributed by atoms with E-state index in [1.165, 1.54) is 347 Å². The number of hydrogen-bond acceptors (Lipinski definition) is 7. The van der Waals surface area contributed by atoms with E-state index in [2.05, 4.69) is 98.9 Å². The van der Waals surface area contributed by atoms with E-state index in [4.69, 9.17) is 18.9 Å². The number of hydrogen-bond donors (Lipinski definition) is 1. The molecule has 0 aliphatic rings. The van der Waals surface area contributed by atoms with Crippen molar-refractivity contribution in [2.24, 2.45) is 0 Å². The number of rotatable bonds is 86. The van der Waals surface area contributed by atoms with Gasteiger partial charge in [-0.3, -0.25) is 9.59 Å². The molecule has 0 aromatic carbocycles. The normalized spacial score (nSPS) is 13.0. The van der Waals surface area contributed by atoms with Gasteiger partial charge in [0.05, 0.1) is 34.4 Å². The van der Waals surface area contributed by atoms with E-state index in [1.807, 2.05) is 21.1 Å². The maximum Gasteiger partial charge on any atom is 0.361 e. The number of esters is 2. The molecule has 0 aliphatic carbocycles. The third-order valence-corrected chi connectivity index (χ3v) is 20.6. The van der Waals surface area contributed by atoms with Gasteiger partial charge in [-0.15, -0.1) is 0 Å². The molecule has 0 fully saturated rings. The van der Waals surface area contributed by atoms with E-state index in [0.29, 0.717) is 17.4 Å². The Balaban J connectivity index is 3.89. The first kappa shape index (κ1) is 101. The van der Waals surface area contributed by atoms with Crippen LogP contribution in [0.25, 0.3) is 0 Å². The molecule has 612 valence electrons. The molecule has 0 rings (SSSR count). The molecular weight excluding hydrogens is 1300 g/mol. The second-order valence-corrected chi connectivity index (χ2v) is 32.2. The van der Waals surface area contributed by atoms with Gasteiger partial charge < -0.3 is 28.5 Å². The molecule has 2 atom stereocenters. The number of quaternary nitrogens is 1. The van der Waals surface area contributed by atoms with Gasteiger partial charge in [-0.25, -0.2) is 4.79 Å². The highest BCUT2D eigenvalue weighted by Crippen LogP contribution is 2.21. The number of allylic oxidation sites excluding steroid dienone is 14. The van der Waals surface area contributed by atoms with Gasteiger partial charge in [0.1, 0.15) is 13.2 Å². The number of carboxylic acid groups (broad SMARTS) is 1. The molecule has 9 nitrogen and oxygen atoms in total. The Morgan fingerprint density at radius 2 is 0.543 bits per heavy atom. The Bertz CT molecular complexity index is 2010. The van der Waals surface area contributed by atoms with Gasteiger partial charge in [-0.05, 0) is 89.9 Å². The molecule has 105 heavy (non-hydrogen) atoms. The van der Waals surface area contributed by atoms with Crippen LogP contribution < -0.4 is 0 Å². The number of carbonyl (C=O) groups is 3. The van der Waals surface area contributed by atoms with E-state index in [-0.39, 0.29) is 38.2 Å². The predicted octanol–water partition coefficient (Wildman–Crippen LogP) is 30.1. The molecule has 0 radical (unpaired) electrons. The predicted molar refractivity (Wildman–Crippen MR) is 456 cm³/mol. The smallest absolute Gasteiger partial charge is 0.361 e. The van der Waals surface area contributed by atoms with Crippen molar-refractivity contribution in [1.82, 2.24) is 0 Å². The van der Waals surface area contributed by atoms with Crippen LogP contribution in [0.5, 0.6) is 0 Å². The van der Waals surface area contributed by atoms with Gasteiger partial charge in [-0.2, -0.15) is 0 Å². The molecule has 0 amide bonds. The molecule has 0 aliphatic heterocycles. The fourth-order valence-electron chi connectivity index (χ4n) is 13.7. The van der Waals surface area contributed by atoms with E-state index in [1.54, 1.807) is 0 Å². The Hall–Kier alpha value is -3.53. The largest absolute Gasteiger partial charge is 0.477 e. The highest BCUT2D eigenvalue weighted by atomic mass is 16.7. The topological polar surface area (TPSA) is 108 Å². The van der Waals surface area contributed by atoms with Crippen LogP contribution in [-0.2, 0) is 33.3 Å². The summed E-state index contributed by atoms with van der Waals surface area (Å²) in [5, 5.41) is 9.80. The Morgan fingerprint density at radius 1 is 0.295 bits per heavy atom. The SMILES string of the molecule is CC/C=C\C/C=C\C/C=C\C/C=C\C/C=C\CCCCCCCCCCCCCCCCCCCCCCCCCCCC(=O)OC(COC(=O)CCCCCCCCCCCCCCCCCCCCCCCCCCCCC/C=C\C/C=C\CCCCCCC)COC(OCC[N+](C)(C)C)C(=O)O. The zero-order valence-corrected chi connectivity index (χ0v) is 70.4. The van der Waals surface area contributed by atoms with Crippen LogP contribution in [0.2, 0.25) is 0 Å². The van der Waals surface area contributed by atoms with Crippen molar-refractivity contribution in [1.29, 1.82) is 0 Å². The molecule has 0 heterocycles. The summed E-state index contributed by atoms with van der Waals surface area (Å²) < 4.78 is 23.1. The van der Waals surface area contributed by atoms with Crippen LogP contribution in [-0.4, -0.2) is 87.4 Å². The van der Waals surface area contributed by atoms with Crippen LogP contribution in [0.4, 0.5) is 0 Å². The van der Waals surface area contributed by atoms with Crippen molar-refractivity contribution >= 4 is 17.9 Å².